The van der Waals surface area contributed by atoms with E-state index in [1.807, 2.05) is 31.2 Å². The molecule has 1 N–H and O–H groups in total. The number of ketones is 1. The Morgan fingerprint density at radius 3 is 2.52 bits per heavy atom. The van der Waals surface area contributed by atoms with Crippen LogP contribution < -0.4 is 10.1 Å². The number of amides is 1. The second kappa shape index (κ2) is 10.3. The van der Waals surface area contributed by atoms with Crippen molar-refractivity contribution in [2.45, 2.75) is 20.4 Å². The van der Waals surface area contributed by atoms with Crippen LogP contribution in [0.5, 0.6) is 5.75 Å². The third-order valence-corrected chi connectivity index (χ3v) is 4.52. The highest BCUT2D eigenvalue weighted by Gasteiger charge is 2.11. The summed E-state index contributed by atoms with van der Waals surface area (Å²) in [4.78, 5) is 36.1. The Morgan fingerprint density at radius 2 is 1.85 bits per heavy atom. The van der Waals surface area contributed by atoms with Crippen LogP contribution in [0.4, 0.5) is 0 Å². The fourth-order valence-corrected chi connectivity index (χ4v) is 2.97. The molecule has 0 saturated carbocycles. The highest BCUT2D eigenvalue weighted by Crippen LogP contribution is 2.17. The molecule has 1 heterocycles. The van der Waals surface area contributed by atoms with Gasteiger partial charge in [0.1, 0.15) is 5.75 Å². The van der Waals surface area contributed by atoms with Gasteiger partial charge in [-0.15, -0.1) is 11.3 Å². The molecule has 7 heteroatoms. The SMILES string of the molecule is CCOc1ccc(/C=C/C(=O)OCC(=O)c2ccc(CNC(C)=O)s2)cc1. The summed E-state index contributed by atoms with van der Waals surface area (Å²) in [5.74, 6) is -0.245. The van der Waals surface area contributed by atoms with Crippen molar-refractivity contribution in [3.05, 3.63) is 57.8 Å². The zero-order valence-electron chi connectivity index (χ0n) is 15.2. The van der Waals surface area contributed by atoms with Crippen LogP contribution >= 0.6 is 11.3 Å². The molecule has 0 aliphatic carbocycles. The monoisotopic (exact) mass is 387 g/mol. The van der Waals surface area contributed by atoms with Crippen LogP contribution in [0.25, 0.3) is 6.08 Å². The van der Waals surface area contributed by atoms with Crippen molar-refractivity contribution < 1.29 is 23.9 Å². The van der Waals surface area contributed by atoms with E-state index >= 15 is 0 Å². The molecule has 0 fully saturated rings. The zero-order chi connectivity index (χ0) is 19.6. The molecule has 0 radical (unpaired) electrons. The van der Waals surface area contributed by atoms with E-state index in [1.54, 1.807) is 18.2 Å². The summed E-state index contributed by atoms with van der Waals surface area (Å²) in [6.45, 7) is 3.98. The van der Waals surface area contributed by atoms with Gasteiger partial charge >= 0.3 is 5.97 Å². The highest BCUT2D eigenvalue weighted by molar-refractivity contribution is 7.14. The average molecular weight is 387 g/mol. The smallest absolute Gasteiger partial charge is 0.331 e. The Kier molecular flexibility index (Phi) is 7.76. The topological polar surface area (TPSA) is 81.7 Å². The molecule has 1 aromatic heterocycles. The summed E-state index contributed by atoms with van der Waals surface area (Å²) < 4.78 is 10.3. The Hall–Kier alpha value is -2.93. The Bertz CT molecular complexity index is 823. The predicted octanol–water partition coefficient (Wildman–Crippen LogP) is 3.22. The van der Waals surface area contributed by atoms with E-state index in [0.717, 1.165) is 16.2 Å². The summed E-state index contributed by atoms with van der Waals surface area (Å²) in [5, 5.41) is 2.66. The van der Waals surface area contributed by atoms with E-state index in [9.17, 15) is 14.4 Å². The number of hydrogen-bond acceptors (Lipinski definition) is 6. The normalized spacial score (nSPS) is 10.6. The quantitative estimate of drug-likeness (QED) is 0.406. The van der Waals surface area contributed by atoms with Crippen molar-refractivity contribution in [2.24, 2.45) is 0 Å². The van der Waals surface area contributed by atoms with Gasteiger partial charge in [-0.2, -0.15) is 0 Å². The standard InChI is InChI=1S/C20H21NO5S/c1-3-25-16-7-4-15(5-8-16)6-11-20(24)26-13-18(23)19-10-9-17(27-19)12-21-14(2)22/h4-11H,3,12-13H2,1-2H3,(H,21,22)/b11-6+. The minimum Gasteiger partial charge on any atom is -0.494 e. The molecule has 6 nitrogen and oxygen atoms in total. The van der Waals surface area contributed by atoms with E-state index in [4.69, 9.17) is 9.47 Å². The summed E-state index contributed by atoms with van der Waals surface area (Å²) >= 11 is 1.26. The largest absolute Gasteiger partial charge is 0.494 e. The second-order valence-electron chi connectivity index (χ2n) is 5.54. The highest BCUT2D eigenvalue weighted by atomic mass is 32.1. The minimum absolute atomic E-state index is 0.135. The molecular weight excluding hydrogens is 366 g/mol. The average Bonchev–Trinajstić information content (AvgIpc) is 3.13. The first-order valence-electron chi connectivity index (χ1n) is 8.42. The lowest BCUT2D eigenvalue weighted by Crippen LogP contribution is -2.18. The lowest BCUT2D eigenvalue weighted by Gasteiger charge is -2.02. The van der Waals surface area contributed by atoms with E-state index in [2.05, 4.69) is 5.32 Å². The number of hydrogen-bond donors (Lipinski definition) is 1. The Balaban J connectivity index is 1.80. The van der Waals surface area contributed by atoms with Gasteiger partial charge in [0.15, 0.2) is 6.61 Å². The molecule has 0 unspecified atom stereocenters. The van der Waals surface area contributed by atoms with Crippen LogP contribution in [-0.2, 0) is 20.9 Å². The van der Waals surface area contributed by atoms with Crippen LogP contribution in [-0.4, -0.2) is 30.9 Å². The first kappa shape index (κ1) is 20.4. The molecular formula is C20H21NO5S. The number of rotatable bonds is 9. The van der Waals surface area contributed by atoms with Gasteiger partial charge in [-0.05, 0) is 42.8 Å². The number of benzene rings is 1. The first-order valence-corrected chi connectivity index (χ1v) is 9.23. The number of Topliss-reactive ketones (excluding diaryl/α,β-unsaturated/α-hetero) is 1. The van der Waals surface area contributed by atoms with Gasteiger partial charge < -0.3 is 14.8 Å². The van der Waals surface area contributed by atoms with Gasteiger partial charge in [0.25, 0.3) is 0 Å². The minimum atomic E-state index is -0.590. The molecule has 0 atom stereocenters. The summed E-state index contributed by atoms with van der Waals surface area (Å²) in [5.41, 5.74) is 0.822. The van der Waals surface area contributed by atoms with Crippen molar-refractivity contribution in [3.8, 4) is 5.75 Å². The third-order valence-electron chi connectivity index (χ3n) is 3.40. The number of carbonyl (C=O) groups excluding carboxylic acids is 3. The Morgan fingerprint density at radius 1 is 1.11 bits per heavy atom. The maximum Gasteiger partial charge on any atom is 0.331 e. The van der Waals surface area contributed by atoms with Gasteiger partial charge in [0.05, 0.1) is 18.0 Å². The van der Waals surface area contributed by atoms with E-state index in [1.165, 1.54) is 24.3 Å². The van der Waals surface area contributed by atoms with E-state index in [0.29, 0.717) is 18.0 Å². The van der Waals surface area contributed by atoms with Gasteiger partial charge in [-0.1, -0.05) is 12.1 Å². The molecule has 1 aromatic carbocycles. The van der Waals surface area contributed by atoms with Gasteiger partial charge in [0, 0.05) is 17.9 Å². The fraction of sp³-hybridized carbons (Fsp3) is 0.250. The van der Waals surface area contributed by atoms with Crippen LogP contribution in [0.2, 0.25) is 0 Å². The van der Waals surface area contributed by atoms with Crippen molar-refractivity contribution in [1.29, 1.82) is 0 Å². The maximum atomic E-state index is 12.1. The first-order chi connectivity index (χ1) is 13.0. The van der Waals surface area contributed by atoms with Crippen LogP contribution in [0, 0.1) is 0 Å². The third kappa shape index (κ3) is 7.07. The zero-order valence-corrected chi connectivity index (χ0v) is 16.0. The number of esters is 1. The molecule has 27 heavy (non-hydrogen) atoms. The fourth-order valence-electron chi connectivity index (χ4n) is 2.10. The molecule has 1 amide bonds. The predicted molar refractivity (Wildman–Crippen MR) is 104 cm³/mol. The summed E-state index contributed by atoms with van der Waals surface area (Å²) in [6, 6.07) is 10.7. The van der Waals surface area contributed by atoms with Crippen molar-refractivity contribution in [2.75, 3.05) is 13.2 Å². The molecule has 0 bridgehead atoms. The van der Waals surface area contributed by atoms with Gasteiger partial charge in [-0.3, -0.25) is 9.59 Å². The van der Waals surface area contributed by atoms with Crippen molar-refractivity contribution in [1.82, 2.24) is 5.32 Å². The molecule has 2 rings (SSSR count). The summed E-state index contributed by atoms with van der Waals surface area (Å²) in [6.07, 6.45) is 2.89. The van der Waals surface area contributed by atoms with E-state index < -0.39 is 5.97 Å². The van der Waals surface area contributed by atoms with Gasteiger partial charge in [0.2, 0.25) is 11.7 Å². The lowest BCUT2D eigenvalue weighted by atomic mass is 10.2. The lowest BCUT2D eigenvalue weighted by molar-refractivity contribution is -0.136. The van der Waals surface area contributed by atoms with Crippen molar-refractivity contribution in [3.63, 3.8) is 0 Å². The molecule has 0 saturated heterocycles. The molecule has 142 valence electrons. The number of thiophene rings is 1. The maximum absolute atomic E-state index is 12.1. The number of ether oxygens (including phenoxy) is 2. The van der Waals surface area contributed by atoms with Crippen LogP contribution in [0.15, 0.2) is 42.5 Å². The van der Waals surface area contributed by atoms with Gasteiger partial charge in [-0.25, -0.2) is 4.79 Å². The molecule has 2 aromatic rings. The van der Waals surface area contributed by atoms with Crippen LogP contribution in [0.1, 0.15) is 34.0 Å². The second-order valence-corrected chi connectivity index (χ2v) is 6.71. The molecule has 0 aliphatic heterocycles. The summed E-state index contributed by atoms with van der Waals surface area (Å²) in [7, 11) is 0. The number of carbonyl (C=O) groups is 3. The Labute approximate surface area is 161 Å². The van der Waals surface area contributed by atoms with Crippen molar-refractivity contribution >= 4 is 35.1 Å². The van der Waals surface area contributed by atoms with E-state index in [-0.39, 0.29) is 18.3 Å². The van der Waals surface area contributed by atoms with Crippen LogP contribution in [0.3, 0.4) is 0 Å². The molecule has 0 aliphatic rings. The molecule has 0 spiro atoms. The number of nitrogens with one attached hydrogen (secondary N) is 1.